The van der Waals surface area contributed by atoms with Crippen LogP contribution in [-0.4, -0.2) is 35.1 Å². The fourth-order valence-corrected chi connectivity index (χ4v) is 2.14. The van der Waals surface area contributed by atoms with E-state index in [0.29, 0.717) is 16.8 Å². The van der Waals surface area contributed by atoms with Crippen LogP contribution in [0.4, 0.5) is 0 Å². The molecule has 1 aliphatic rings. The van der Waals surface area contributed by atoms with Crippen molar-refractivity contribution in [3.8, 4) is 0 Å². The van der Waals surface area contributed by atoms with Crippen LogP contribution >= 0.6 is 0 Å². The molecule has 21 heavy (non-hydrogen) atoms. The van der Waals surface area contributed by atoms with Gasteiger partial charge in [-0.2, -0.15) is 0 Å². The van der Waals surface area contributed by atoms with Gasteiger partial charge in [-0.1, -0.05) is 18.2 Å². The van der Waals surface area contributed by atoms with Gasteiger partial charge in [-0.15, -0.1) is 0 Å². The van der Waals surface area contributed by atoms with E-state index in [1.807, 2.05) is 6.92 Å². The van der Waals surface area contributed by atoms with Gasteiger partial charge in [-0.05, 0) is 24.6 Å². The molecule has 1 aromatic rings. The zero-order chi connectivity index (χ0) is 15.6. The molecule has 1 aromatic carbocycles. The number of imide groups is 1. The SMILES string of the molecule is CC=C(C=C(C)[N+](C)=O)CN1C(=O)c2ccccc2C1=O. The van der Waals surface area contributed by atoms with Gasteiger partial charge in [0.25, 0.3) is 11.8 Å². The molecule has 2 amide bonds. The van der Waals surface area contributed by atoms with Crippen LogP contribution in [0.5, 0.6) is 0 Å². The Hall–Kier alpha value is -2.56. The van der Waals surface area contributed by atoms with Crippen molar-refractivity contribution >= 4 is 11.8 Å². The summed E-state index contributed by atoms with van der Waals surface area (Å²) in [6, 6.07) is 6.77. The van der Waals surface area contributed by atoms with Gasteiger partial charge in [0.1, 0.15) is 0 Å². The van der Waals surface area contributed by atoms with Crippen LogP contribution in [0.1, 0.15) is 34.6 Å². The molecule has 0 atom stereocenters. The van der Waals surface area contributed by atoms with Crippen LogP contribution in [0.2, 0.25) is 0 Å². The van der Waals surface area contributed by atoms with Crippen molar-refractivity contribution in [2.75, 3.05) is 13.6 Å². The zero-order valence-corrected chi connectivity index (χ0v) is 12.3. The summed E-state index contributed by atoms with van der Waals surface area (Å²) in [5, 5.41) is 0. The molecule has 0 N–H and O–H groups in total. The first-order chi connectivity index (χ1) is 9.95. The van der Waals surface area contributed by atoms with Crippen LogP contribution in [0.3, 0.4) is 0 Å². The minimum absolute atomic E-state index is 0.161. The van der Waals surface area contributed by atoms with Gasteiger partial charge in [0, 0.05) is 22.7 Å². The second-order valence-corrected chi connectivity index (χ2v) is 4.89. The summed E-state index contributed by atoms with van der Waals surface area (Å²) >= 11 is 0. The predicted octanol–water partition coefficient (Wildman–Crippen LogP) is 2.54. The molecule has 1 aliphatic heterocycles. The van der Waals surface area contributed by atoms with E-state index in [1.165, 1.54) is 11.9 Å². The van der Waals surface area contributed by atoms with E-state index in [0.717, 1.165) is 10.3 Å². The highest BCUT2D eigenvalue weighted by atomic mass is 16.3. The third-order valence-electron chi connectivity index (χ3n) is 3.48. The summed E-state index contributed by atoms with van der Waals surface area (Å²) in [5.41, 5.74) is 2.11. The third kappa shape index (κ3) is 2.81. The second kappa shape index (κ2) is 5.83. The van der Waals surface area contributed by atoms with Gasteiger partial charge >= 0.3 is 0 Å². The lowest BCUT2D eigenvalue weighted by Gasteiger charge is -2.14. The zero-order valence-electron chi connectivity index (χ0n) is 12.3. The predicted molar refractivity (Wildman–Crippen MR) is 78.9 cm³/mol. The first-order valence-corrected chi connectivity index (χ1v) is 6.65. The maximum Gasteiger partial charge on any atom is 0.261 e. The molecule has 0 bridgehead atoms. The number of fused-ring (bicyclic) bond motifs is 1. The maximum atomic E-state index is 12.3. The largest absolute Gasteiger partial charge is 0.270 e. The lowest BCUT2D eigenvalue weighted by molar-refractivity contribution is -0.465. The monoisotopic (exact) mass is 285 g/mol. The molecule has 1 heterocycles. The Morgan fingerprint density at radius 1 is 1.19 bits per heavy atom. The number of nitrogens with zero attached hydrogens (tertiary/aromatic N) is 2. The summed E-state index contributed by atoms with van der Waals surface area (Å²) in [6.45, 7) is 3.65. The van der Waals surface area contributed by atoms with E-state index in [-0.39, 0.29) is 18.4 Å². The van der Waals surface area contributed by atoms with Gasteiger partial charge in [0.05, 0.1) is 17.7 Å². The molecule has 2 rings (SSSR count). The van der Waals surface area contributed by atoms with Crippen molar-refractivity contribution in [2.24, 2.45) is 0 Å². The molecule has 0 aromatic heterocycles. The van der Waals surface area contributed by atoms with Crippen molar-refractivity contribution in [1.82, 2.24) is 4.90 Å². The highest BCUT2D eigenvalue weighted by Crippen LogP contribution is 2.23. The van der Waals surface area contributed by atoms with Crippen molar-refractivity contribution in [3.05, 3.63) is 63.7 Å². The van der Waals surface area contributed by atoms with Crippen LogP contribution in [0.25, 0.3) is 0 Å². The Bertz CT molecular complexity index is 652. The Morgan fingerprint density at radius 2 is 1.71 bits per heavy atom. The van der Waals surface area contributed by atoms with E-state index in [4.69, 9.17) is 0 Å². The molecule has 0 radical (unpaired) electrons. The van der Waals surface area contributed by atoms with Crippen LogP contribution in [0.15, 0.2) is 47.7 Å². The van der Waals surface area contributed by atoms with Crippen molar-refractivity contribution < 1.29 is 14.3 Å². The number of benzene rings is 1. The van der Waals surface area contributed by atoms with Gasteiger partial charge in [-0.3, -0.25) is 14.5 Å². The van der Waals surface area contributed by atoms with Gasteiger partial charge in [0.2, 0.25) is 5.70 Å². The molecule has 5 nitrogen and oxygen atoms in total. The molecule has 5 heteroatoms. The van der Waals surface area contributed by atoms with E-state index in [1.54, 1.807) is 43.3 Å². The maximum absolute atomic E-state index is 12.3. The normalized spacial score (nSPS) is 15.5. The van der Waals surface area contributed by atoms with E-state index in [9.17, 15) is 14.5 Å². The molecule has 0 saturated heterocycles. The Labute approximate surface area is 123 Å². The summed E-state index contributed by atoms with van der Waals surface area (Å²) in [4.78, 5) is 36.9. The minimum atomic E-state index is -0.295. The van der Waals surface area contributed by atoms with Gasteiger partial charge in [-0.25, -0.2) is 0 Å². The first kappa shape index (κ1) is 14.8. The topological polar surface area (TPSA) is 57.5 Å². The first-order valence-electron chi connectivity index (χ1n) is 6.65. The highest BCUT2D eigenvalue weighted by molar-refractivity contribution is 6.21. The number of allylic oxidation sites excluding steroid dienone is 2. The van der Waals surface area contributed by atoms with E-state index in [2.05, 4.69) is 0 Å². The van der Waals surface area contributed by atoms with E-state index < -0.39 is 0 Å². The molecule has 0 unspecified atom stereocenters. The van der Waals surface area contributed by atoms with Crippen LogP contribution < -0.4 is 0 Å². The number of carbonyl (C=O) groups excluding carboxylic acids is 2. The second-order valence-electron chi connectivity index (χ2n) is 4.89. The molecule has 0 fully saturated rings. The fraction of sp³-hybridized carbons (Fsp3) is 0.250. The lowest BCUT2D eigenvalue weighted by Crippen LogP contribution is -2.31. The number of carbonyl (C=O) groups is 2. The van der Waals surface area contributed by atoms with Crippen molar-refractivity contribution in [3.63, 3.8) is 0 Å². The van der Waals surface area contributed by atoms with Crippen molar-refractivity contribution in [1.29, 1.82) is 0 Å². The van der Waals surface area contributed by atoms with Gasteiger partial charge < -0.3 is 0 Å². The highest BCUT2D eigenvalue weighted by Gasteiger charge is 2.35. The van der Waals surface area contributed by atoms with Gasteiger partial charge in [0.15, 0.2) is 7.05 Å². The number of rotatable bonds is 4. The molecule has 0 spiro atoms. The third-order valence-corrected chi connectivity index (χ3v) is 3.48. The van der Waals surface area contributed by atoms with Crippen LogP contribution in [-0.2, 0) is 0 Å². The quantitative estimate of drug-likeness (QED) is 0.485. The molecule has 0 aliphatic carbocycles. The Kier molecular flexibility index (Phi) is 4.12. The van der Waals surface area contributed by atoms with E-state index >= 15 is 0 Å². The lowest BCUT2D eigenvalue weighted by atomic mass is 10.1. The smallest absolute Gasteiger partial charge is 0.261 e. The average molecular weight is 285 g/mol. The summed E-state index contributed by atoms with van der Waals surface area (Å²) in [6.07, 6.45) is 3.47. The Morgan fingerprint density at radius 3 is 2.14 bits per heavy atom. The number of hydrogen-bond acceptors (Lipinski definition) is 3. The summed E-state index contributed by atoms with van der Waals surface area (Å²) in [5.74, 6) is -0.590. The molecular weight excluding hydrogens is 268 g/mol. The summed E-state index contributed by atoms with van der Waals surface area (Å²) < 4.78 is 0.742. The Balaban J connectivity index is 2.26. The number of amides is 2. The summed E-state index contributed by atoms with van der Waals surface area (Å²) in [7, 11) is 1.40. The molecule has 108 valence electrons. The minimum Gasteiger partial charge on any atom is -0.270 e. The number of nitroso groups, excluding NO2 is 1. The number of hydrogen-bond donors (Lipinski definition) is 0. The van der Waals surface area contributed by atoms with Crippen molar-refractivity contribution in [2.45, 2.75) is 13.8 Å². The average Bonchev–Trinajstić information content (AvgIpc) is 2.71. The molecule has 0 saturated carbocycles. The van der Waals surface area contributed by atoms with Crippen LogP contribution in [0, 0.1) is 4.91 Å². The fourth-order valence-electron chi connectivity index (χ4n) is 2.14. The standard InChI is InChI=1S/C16H17N2O3/c1-4-12(9-11(2)17(3)21)10-18-15(19)13-7-5-6-8-14(13)16(18)20/h4-9H,10H2,1-3H3/q+1. The molecular formula is C16H17N2O3+.